The van der Waals surface area contributed by atoms with Crippen molar-refractivity contribution in [3.05, 3.63) is 11.6 Å². The molecular formula is C21H36O4. The average Bonchev–Trinajstić information content (AvgIpc) is 2.96. The van der Waals surface area contributed by atoms with E-state index in [2.05, 4.69) is 17.7 Å². The van der Waals surface area contributed by atoms with E-state index in [1.807, 2.05) is 0 Å². The van der Waals surface area contributed by atoms with Crippen LogP contribution in [0.1, 0.15) is 90.4 Å². The van der Waals surface area contributed by atoms with Gasteiger partial charge in [0.15, 0.2) is 0 Å². The van der Waals surface area contributed by atoms with Crippen molar-refractivity contribution in [2.75, 3.05) is 7.11 Å². The Labute approximate surface area is 153 Å². The van der Waals surface area contributed by atoms with Crippen LogP contribution in [-0.2, 0) is 14.3 Å². The predicted molar refractivity (Wildman–Crippen MR) is 100 cm³/mol. The molecule has 1 saturated carbocycles. The topological polar surface area (TPSA) is 63.6 Å². The molecule has 144 valence electrons. The third kappa shape index (κ3) is 9.20. The number of hydrogen-bond acceptors (Lipinski definition) is 4. The molecule has 0 aliphatic heterocycles. The second kappa shape index (κ2) is 13.1. The number of ether oxygens (including phenoxy) is 1. The van der Waals surface area contributed by atoms with Gasteiger partial charge in [-0.05, 0) is 32.1 Å². The maximum Gasteiger partial charge on any atom is 0.305 e. The fourth-order valence-electron chi connectivity index (χ4n) is 3.59. The first kappa shape index (κ1) is 21.9. The summed E-state index contributed by atoms with van der Waals surface area (Å²) in [6.45, 7) is 2.15. The summed E-state index contributed by atoms with van der Waals surface area (Å²) in [6.07, 6.45) is 13.6. The number of hydrogen-bond donors (Lipinski definition) is 1. The van der Waals surface area contributed by atoms with Crippen LogP contribution < -0.4 is 0 Å². The Kier molecular flexibility index (Phi) is 11.5. The van der Waals surface area contributed by atoms with Crippen molar-refractivity contribution in [2.24, 2.45) is 5.92 Å². The van der Waals surface area contributed by atoms with Crippen LogP contribution in [0.15, 0.2) is 11.6 Å². The largest absolute Gasteiger partial charge is 0.469 e. The molecule has 0 spiro atoms. The Balaban J connectivity index is 2.27. The van der Waals surface area contributed by atoms with Crippen LogP contribution in [0.4, 0.5) is 0 Å². The van der Waals surface area contributed by atoms with Crippen LogP contribution in [0.3, 0.4) is 0 Å². The third-order valence-corrected chi connectivity index (χ3v) is 5.19. The molecule has 0 unspecified atom stereocenters. The van der Waals surface area contributed by atoms with E-state index in [-0.39, 0.29) is 18.0 Å². The normalized spacial score (nSPS) is 21.6. The third-order valence-electron chi connectivity index (χ3n) is 5.19. The molecule has 4 heteroatoms. The van der Waals surface area contributed by atoms with Gasteiger partial charge in [0.1, 0.15) is 5.78 Å². The van der Waals surface area contributed by atoms with Crippen LogP contribution in [0.2, 0.25) is 0 Å². The van der Waals surface area contributed by atoms with Gasteiger partial charge in [-0.1, -0.05) is 50.7 Å². The maximum atomic E-state index is 11.9. The summed E-state index contributed by atoms with van der Waals surface area (Å²) in [5.74, 6) is 0.410. The van der Waals surface area contributed by atoms with E-state index in [1.165, 1.54) is 12.7 Å². The van der Waals surface area contributed by atoms with Crippen LogP contribution in [-0.4, -0.2) is 30.1 Å². The highest BCUT2D eigenvalue weighted by atomic mass is 16.5. The van der Waals surface area contributed by atoms with Gasteiger partial charge in [-0.2, -0.15) is 0 Å². The van der Waals surface area contributed by atoms with Crippen molar-refractivity contribution in [1.82, 2.24) is 0 Å². The molecule has 0 aromatic rings. The SMILES string of the molecule is CCCCCC(=O)CC=C1CC[C@H](O)[C@@H]1CCCCCCC(=O)OC. The second-order valence-electron chi connectivity index (χ2n) is 7.22. The summed E-state index contributed by atoms with van der Waals surface area (Å²) in [4.78, 5) is 23.0. The van der Waals surface area contributed by atoms with Gasteiger partial charge in [-0.25, -0.2) is 0 Å². The van der Waals surface area contributed by atoms with Gasteiger partial charge in [-0.15, -0.1) is 0 Å². The molecule has 1 fully saturated rings. The molecule has 1 aliphatic rings. The molecular weight excluding hydrogens is 316 g/mol. The monoisotopic (exact) mass is 352 g/mol. The van der Waals surface area contributed by atoms with Gasteiger partial charge < -0.3 is 9.84 Å². The van der Waals surface area contributed by atoms with E-state index in [0.29, 0.717) is 25.0 Å². The highest BCUT2D eigenvalue weighted by Crippen LogP contribution is 2.35. The van der Waals surface area contributed by atoms with Crippen LogP contribution >= 0.6 is 0 Å². The molecule has 0 heterocycles. The van der Waals surface area contributed by atoms with Crippen molar-refractivity contribution in [1.29, 1.82) is 0 Å². The van der Waals surface area contributed by atoms with E-state index in [0.717, 1.165) is 64.2 Å². The number of aliphatic hydroxyl groups excluding tert-OH is 1. The molecule has 1 aliphatic carbocycles. The quantitative estimate of drug-likeness (QED) is 0.295. The molecule has 1 rings (SSSR count). The molecule has 0 radical (unpaired) electrons. The lowest BCUT2D eigenvalue weighted by atomic mass is 9.92. The summed E-state index contributed by atoms with van der Waals surface area (Å²) < 4.78 is 4.64. The Morgan fingerprint density at radius 3 is 2.56 bits per heavy atom. The number of carbonyl (C=O) groups excluding carboxylic acids is 2. The van der Waals surface area contributed by atoms with Crippen LogP contribution in [0.25, 0.3) is 0 Å². The minimum Gasteiger partial charge on any atom is -0.469 e. The average molecular weight is 353 g/mol. The standard InChI is InChI=1S/C21H36O4/c1-3-4-7-10-18(22)15-13-17-14-16-20(23)19(17)11-8-5-6-9-12-21(24)25-2/h13,19-20,23H,3-12,14-16H2,1-2H3/t19-,20+/m1/s1. The number of rotatable bonds is 13. The number of ketones is 1. The lowest BCUT2D eigenvalue weighted by Gasteiger charge is -2.16. The zero-order valence-corrected chi connectivity index (χ0v) is 16.1. The molecule has 0 bridgehead atoms. The summed E-state index contributed by atoms with van der Waals surface area (Å²) in [5, 5.41) is 10.2. The van der Waals surface area contributed by atoms with Gasteiger partial charge in [0.2, 0.25) is 0 Å². The van der Waals surface area contributed by atoms with Gasteiger partial charge >= 0.3 is 5.97 Å². The van der Waals surface area contributed by atoms with Crippen LogP contribution in [0, 0.1) is 5.92 Å². The highest BCUT2D eigenvalue weighted by molar-refractivity contribution is 5.79. The Hall–Kier alpha value is -1.16. The van der Waals surface area contributed by atoms with E-state index in [1.54, 1.807) is 0 Å². The molecule has 4 nitrogen and oxygen atoms in total. The van der Waals surface area contributed by atoms with E-state index >= 15 is 0 Å². The first-order valence-corrected chi connectivity index (χ1v) is 10.0. The fraction of sp³-hybridized carbons (Fsp3) is 0.810. The number of Topliss-reactive ketones (excluding diaryl/α,β-unsaturated/α-hetero) is 1. The number of aliphatic hydroxyl groups is 1. The molecule has 0 aromatic heterocycles. The van der Waals surface area contributed by atoms with Gasteiger partial charge in [0.05, 0.1) is 13.2 Å². The van der Waals surface area contributed by atoms with E-state index in [9.17, 15) is 14.7 Å². The van der Waals surface area contributed by atoms with Crippen LogP contribution in [0.5, 0.6) is 0 Å². The maximum absolute atomic E-state index is 11.9. The van der Waals surface area contributed by atoms with Gasteiger partial charge in [-0.3, -0.25) is 9.59 Å². The Morgan fingerprint density at radius 1 is 1.12 bits per heavy atom. The summed E-state index contributed by atoms with van der Waals surface area (Å²) in [6, 6.07) is 0. The molecule has 0 saturated heterocycles. The van der Waals surface area contributed by atoms with E-state index < -0.39 is 0 Å². The highest BCUT2D eigenvalue weighted by Gasteiger charge is 2.29. The summed E-state index contributed by atoms with van der Waals surface area (Å²) in [5.41, 5.74) is 1.28. The summed E-state index contributed by atoms with van der Waals surface area (Å²) in [7, 11) is 1.42. The van der Waals surface area contributed by atoms with Gasteiger partial charge in [0, 0.05) is 25.2 Å². The number of methoxy groups -OCH3 is 1. The van der Waals surface area contributed by atoms with E-state index in [4.69, 9.17) is 0 Å². The number of esters is 1. The molecule has 0 aromatic carbocycles. The van der Waals surface area contributed by atoms with Gasteiger partial charge in [0.25, 0.3) is 0 Å². The second-order valence-corrected chi connectivity index (χ2v) is 7.22. The van der Waals surface area contributed by atoms with Crippen molar-refractivity contribution >= 4 is 11.8 Å². The summed E-state index contributed by atoms with van der Waals surface area (Å²) >= 11 is 0. The minimum absolute atomic E-state index is 0.139. The fourth-order valence-corrected chi connectivity index (χ4v) is 3.59. The van der Waals surface area contributed by atoms with Crippen molar-refractivity contribution < 1.29 is 19.4 Å². The van der Waals surface area contributed by atoms with Crippen molar-refractivity contribution in [2.45, 2.75) is 96.5 Å². The van der Waals surface area contributed by atoms with Crippen molar-refractivity contribution in [3.8, 4) is 0 Å². The smallest absolute Gasteiger partial charge is 0.305 e. The molecule has 25 heavy (non-hydrogen) atoms. The number of unbranched alkanes of at least 4 members (excludes halogenated alkanes) is 5. The lowest BCUT2D eigenvalue weighted by molar-refractivity contribution is -0.140. The number of allylic oxidation sites excluding steroid dienone is 1. The molecule has 1 N–H and O–H groups in total. The first-order valence-electron chi connectivity index (χ1n) is 10.0. The predicted octanol–water partition coefficient (Wildman–Crippen LogP) is 4.74. The lowest BCUT2D eigenvalue weighted by Crippen LogP contribution is -2.14. The number of carbonyl (C=O) groups is 2. The Bertz CT molecular complexity index is 428. The minimum atomic E-state index is -0.253. The molecule has 2 atom stereocenters. The molecule has 0 amide bonds. The Morgan fingerprint density at radius 2 is 1.84 bits per heavy atom. The zero-order chi connectivity index (χ0) is 18.5. The zero-order valence-electron chi connectivity index (χ0n) is 16.1. The first-order chi connectivity index (χ1) is 12.1. The van der Waals surface area contributed by atoms with Crippen molar-refractivity contribution in [3.63, 3.8) is 0 Å².